The fourth-order valence-electron chi connectivity index (χ4n) is 3.59. The van der Waals surface area contributed by atoms with Crippen LogP contribution in [0.3, 0.4) is 0 Å². The van der Waals surface area contributed by atoms with Gasteiger partial charge in [-0.15, -0.1) is 0 Å². The van der Waals surface area contributed by atoms with E-state index in [0.29, 0.717) is 11.3 Å². The highest BCUT2D eigenvalue weighted by Crippen LogP contribution is 2.20. The van der Waals surface area contributed by atoms with E-state index in [1.165, 1.54) is 13.3 Å². The maximum Gasteiger partial charge on any atom is 0.251 e. The van der Waals surface area contributed by atoms with E-state index in [9.17, 15) is 9.59 Å². The second kappa shape index (κ2) is 8.29. The fraction of sp³-hybridized carbons (Fsp3) is 0.579. The van der Waals surface area contributed by atoms with Crippen molar-refractivity contribution in [3.8, 4) is 0 Å². The third-order valence-electron chi connectivity index (χ3n) is 4.32. The normalized spacial score (nSPS) is 22.7. The first-order valence-electron chi connectivity index (χ1n) is 8.74. The highest BCUT2D eigenvalue weighted by molar-refractivity contribution is 5.95. The van der Waals surface area contributed by atoms with Gasteiger partial charge in [0.1, 0.15) is 0 Å². The second-order valence-corrected chi connectivity index (χ2v) is 7.30. The Morgan fingerprint density at radius 1 is 1.17 bits per heavy atom. The lowest BCUT2D eigenvalue weighted by atomic mass is 9.92. The van der Waals surface area contributed by atoms with E-state index in [-0.39, 0.29) is 17.9 Å². The highest BCUT2D eigenvalue weighted by Gasteiger charge is 2.23. The number of piperidine rings is 1. The van der Waals surface area contributed by atoms with Gasteiger partial charge in [0.15, 0.2) is 0 Å². The summed E-state index contributed by atoms with van der Waals surface area (Å²) in [6.45, 7) is 11.2. The predicted octanol–water partition coefficient (Wildman–Crippen LogP) is 2.74. The minimum absolute atomic E-state index is 0.0741. The van der Waals surface area contributed by atoms with Crippen molar-refractivity contribution >= 4 is 17.5 Å². The zero-order valence-electron chi connectivity index (χ0n) is 15.1. The Morgan fingerprint density at radius 2 is 1.75 bits per heavy atom. The quantitative estimate of drug-likeness (QED) is 0.872. The molecule has 0 bridgehead atoms. The zero-order chi connectivity index (χ0) is 17.7. The third-order valence-corrected chi connectivity index (χ3v) is 4.32. The number of nitrogens with one attached hydrogen (secondary N) is 2. The molecule has 5 nitrogen and oxygen atoms in total. The van der Waals surface area contributed by atoms with Crippen molar-refractivity contribution in [2.45, 2.75) is 40.2 Å². The molecular formula is C19H29N3O2. The molecule has 1 aromatic carbocycles. The van der Waals surface area contributed by atoms with Crippen LogP contribution in [0.25, 0.3) is 0 Å². The molecule has 3 unspecified atom stereocenters. The predicted molar refractivity (Wildman–Crippen MR) is 97.1 cm³/mol. The van der Waals surface area contributed by atoms with E-state index >= 15 is 0 Å². The third kappa shape index (κ3) is 5.64. The topological polar surface area (TPSA) is 61.4 Å². The number of carbonyl (C=O) groups excluding carboxylic acids is 2. The summed E-state index contributed by atoms with van der Waals surface area (Å²) in [4.78, 5) is 25.8. The summed E-state index contributed by atoms with van der Waals surface area (Å²) >= 11 is 0. The van der Waals surface area contributed by atoms with Crippen molar-refractivity contribution in [2.75, 3.05) is 25.0 Å². The number of rotatable bonds is 5. The van der Waals surface area contributed by atoms with Crippen LogP contribution in [0.1, 0.15) is 44.5 Å². The summed E-state index contributed by atoms with van der Waals surface area (Å²) in [7, 11) is 0. The van der Waals surface area contributed by atoms with Gasteiger partial charge in [-0.1, -0.05) is 13.8 Å². The molecular weight excluding hydrogens is 302 g/mol. The molecule has 0 aromatic heterocycles. The molecule has 0 saturated carbocycles. The van der Waals surface area contributed by atoms with Gasteiger partial charge in [-0.05, 0) is 49.4 Å². The van der Waals surface area contributed by atoms with Gasteiger partial charge in [0.2, 0.25) is 5.91 Å². The molecule has 0 radical (unpaired) electrons. The van der Waals surface area contributed by atoms with Crippen molar-refractivity contribution < 1.29 is 9.59 Å². The van der Waals surface area contributed by atoms with Gasteiger partial charge in [-0.25, -0.2) is 0 Å². The molecule has 1 fully saturated rings. The fourth-order valence-corrected chi connectivity index (χ4v) is 3.59. The van der Waals surface area contributed by atoms with Crippen molar-refractivity contribution in [3.05, 3.63) is 29.8 Å². The number of benzene rings is 1. The van der Waals surface area contributed by atoms with Crippen LogP contribution in [0, 0.1) is 11.8 Å². The number of anilines is 1. The molecule has 2 rings (SSSR count). The van der Waals surface area contributed by atoms with Gasteiger partial charge < -0.3 is 15.5 Å². The summed E-state index contributed by atoms with van der Waals surface area (Å²) in [5.74, 6) is 1.25. The van der Waals surface area contributed by atoms with Gasteiger partial charge >= 0.3 is 0 Å². The average molecular weight is 331 g/mol. The van der Waals surface area contributed by atoms with Crippen LogP contribution in [0.15, 0.2) is 24.3 Å². The number of amides is 2. The molecule has 5 heteroatoms. The number of carbonyl (C=O) groups is 2. The van der Waals surface area contributed by atoms with Crippen LogP contribution in [0.4, 0.5) is 5.69 Å². The molecule has 24 heavy (non-hydrogen) atoms. The molecule has 1 aromatic rings. The Bertz CT molecular complexity index is 560. The largest absolute Gasteiger partial charge is 0.348 e. The summed E-state index contributed by atoms with van der Waals surface area (Å²) in [5.41, 5.74) is 1.31. The Morgan fingerprint density at radius 3 is 2.29 bits per heavy atom. The monoisotopic (exact) mass is 331 g/mol. The first-order valence-corrected chi connectivity index (χ1v) is 8.74. The van der Waals surface area contributed by atoms with Gasteiger partial charge in [-0.3, -0.25) is 9.59 Å². The lowest BCUT2D eigenvalue weighted by Crippen LogP contribution is -2.47. The van der Waals surface area contributed by atoms with E-state index in [0.717, 1.165) is 31.5 Å². The Kier molecular flexibility index (Phi) is 6.37. The van der Waals surface area contributed by atoms with E-state index in [1.54, 1.807) is 24.3 Å². The zero-order valence-corrected chi connectivity index (χ0v) is 15.1. The molecule has 132 valence electrons. The SMILES string of the molecule is CC(=O)Nc1ccc(C(=O)NC(C)CN2CC(C)CC(C)C2)cc1. The minimum atomic E-state index is -0.120. The summed E-state index contributed by atoms with van der Waals surface area (Å²) in [6, 6.07) is 7.06. The van der Waals surface area contributed by atoms with Crippen LogP contribution < -0.4 is 10.6 Å². The Balaban J connectivity index is 1.85. The Hall–Kier alpha value is -1.88. The summed E-state index contributed by atoms with van der Waals surface area (Å²) in [5, 5.41) is 5.76. The molecule has 0 spiro atoms. The number of nitrogens with zero attached hydrogens (tertiary/aromatic N) is 1. The second-order valence-electron chi connectivity index (χ2n) is 7.30. The lowest BCUT2D eigenvalue weighted by molar-refractivity contribution is -0.114. The van der Waals surface area contributed by atoms with Gasteiger partial charge in [0.25, 0.3) is 5.91 Å². The van der Waals surface area contributed by atoms with Crippen LogP contribution in [-0.4, -0.2) is 42.4 Å². The van der Waals surface area contributed by atoms with Crippen molar-refractivity contribution in [1.82, 2.24) is 10.2 Å². The molecule has 2 N–H and O–H groups in total. The van der Waals surface area contributed by atoms with E-state index in [1.807, 2.05) is 6.92 Å². The van der Waals surface area contributed by atoms with Crippen molar-refractivity contribution in [2.24, 2.45) is 11.8 Å². The molecule has 1 saturated heterocycles. The molecule has 1 heterocycles. The van der Waals surface area contributed by atoms with E-state index in [4.69, 9.17) is 0 Å². The van der Waals surface area contributed by atoms with Crippen LogP contribution >= 0.6 is 0 Å². The van der Waals surface area contributed by atoms with Crippen molar-refractivity contribution in [3.63, 3.8) is 0 Å². The lowest BCUT2D eigenvalue weighted by Gasteiger charge is -2.36. The smallest absolute Gasteiger partial charge is 0.251 e. The molecule has 0 aliphatic carbocycles. The number of hydrogen-bond acceptors (Lipinski definition) is 3. The first kappa shape index (κ1) is 18.5. The van der Waals surface area contributed by atoms with Crippen molar-refractivity contribution in [1.29, 1.82) is 0 Å². The summed E-state index contributed by atoms with van der Waals surface area (Å²) in [6.07, 6.45) is 1.29. The van der Waals surface area contributed by atoms with Crippen LogP contribution in [0.5, 0.6) is 0 Å². The van der Waals surface area contributed by atoms with Gasteiger partial charge in [0, 0.05) is 43.9 Å². The number of hydrogen-bond donors (Lipinski definition) is 2. The Labute approximate surface area is 144 Å². The van der Waals surface area contributed by atoms with Gasteiger partial charge in [0.05, 0.1) is 0 Å². The molecule has 2 amide bonds. The van der Waals surface area contributed by atoms with E-state index < -0.39 is 0 Å². The number of likely N-dealkylation sites (tertiary alicyclic amines) is 1. The van der Waals surface area contributed by atoms with Crippen LogP contribution in [0.2, 0.25) is 0 Å². The maximum absolute atomic E-state index is 12.3. The molecule has 1 aliphatic heterocycles. The molecule has 3 atom stereocenters. The van der Waals surface area contributed by atoms with Gasteiger partial charge in [-0.2, -0.15) is 0 Å². The van der Waals surface area contributed by atoms with Crippen LogP contribution in [-0.2, 0) is 4.79 Å². The molecule has 1 aliphatic rings. The van der Waals surface area contributed by atoms with E-state index in [2.05, 4.69) is 29.4 Å². The standard InChI is InChI=1S/C19H29N3O2/c1-13-9-14(2)11-22(10-13)12-15(3)20-19(24)17-5-7-18(8-6-17)21-16(4)23/h5-8,13-15H,9-12H2,1-4H3,(H,20,24)(H,21,23). The summed E-state index contributed by atoms with van der Waals surface area (Å²) < 4.78 is 0. The first-order chi connectivity index (χ1) is 11.3. The minimum Gasteiger partial charge on any atom is -0.348 e. The maximum atomic E-state index is 12.3. The highest BCUT2D eigenvalue weighted by atomic mass is 16.2. The average Bonchev–Trinajstić information content (AvgIpc) is 2.45.